The predicted octanol–water partition coefficient (Wildman–Crippen LogP) is 1.34. The van der Waals surface area contributed by atoms with Crippen LogP contribution in [0.25, 0.3) is 0 Å². The molecule has 0 aromatic heterocycles. The highest BCUT2D eigenvalue weighted by atomic mass is 32.2. The van der Waals surface area contributed by atoms with Gasteiger partial charge in [0.1, 0.15) is 0 Å². The van der Waals surface area contributed by atoms with E-state index in [0.717, 1.165) is 6.07 Å². The summed E-state index contributed by atoms with van der Waals surface area (Å²) in [4.78, 5) is 10.1. The van der Waals surface area contributed by atoms with Crippen molar-refractivity contribution in [1.82, 2.24) is 4.72 Å². The maximum Gasteiger partial charge on any atom is 0.273 e. The lowest BCUT2D eigenvalue weighted by Crippen LogP contribution is -2.43. The summed E-state index contributed by atoms with van der Waals surface area (Å²) in [6.07, 6.45) is 0.236. The molecule has 20 heavy (non-hydrogen) atoms. The van der Waals surface area contributed by atoms with E-state index >= 15 is 0 Å². The normalized spacial score (nSPS) is 12.4. The Hall–Kier alpha value is -1.51. The van der Waals surface area contributed by atoms with E-state index in [2.05, 4.69) is 4.72 Å². The third kappa shape index (κ3) is 3.99. The second-order valence-corrected chi connectivity index (χ2v) is 6.85. The van der Waals surface area contributed by atoms with Crippen molar-refractivity contribution in [1.29, 1.82) is 0 Å². The van der Waals surface area contributed by atoms with Crippen LogP contribution in [0.2, 0.25) is 0 Å². The second kappa shape index (κ2) is 5.86. The Bertz CT molecular complexity index is 610. The molecule has 0 heterocycles. The molecule has 7 nitrogen and oxygen atoms in total. The third-order valence-corrected chi connectivity index (χ3v) is 4.53. The SMILES string of the molecule is Cc1ccc(S(=O)(=O)NC(C)(C)CCO)cc1[N+](=O)[O-]. The summed E-state index contributed by atoms with van der Waals surface area (Å²) in [6.45, 7) is 4.63. The summed E-state index contributed by atoms with van der Waals surface area (Å²) in [5.41, 5.74) is -0.691. The van der Waals surface area contributed by atoms with Gasteiger partial charge in [-0.1, -0.05) is 6.07 Å². The first-order valence-corrected chi connectivity index (χ1v) is 7.47. The van der Waals surface area contributed by atoms with Crippen LogP contribution in [0.5, 0.6) is 0 Å². The number of nitrogens with one attached hydrogen (secondary N) is 1. The van der Waals surface area contributed by atoms with Crippen molar-refractivity contribution in [3.8, 4) is 0 Å². The lowest BCUT2D eigenvalue weighted by atomic mass is 10.0. The number of nitro benzene ring substituents is 1. The molecule has 1 aromatic carbocycles. The fraction of sp³-hybridized carbons (Fsp3) is 0.500. The molecule has 0 bridgehead atoms. The highest BCUT2D eigenvalue weighted by molar-refractivity contribution is 7.89. The van der Waals surface area contributed by atoms with Gasteiger partial charge in [-0.2, -0.15) is 0 Å². The maximum atomic E-state index is 12.2. The van der Waals surface area contributed by atoms with Crippen LogP contribution in [0.4, 0.5) is 5.69 Å². The van der Waals surface area contributed by atoms with Crippen molar-refractivity contribution in [2.24, 2.45) is 0 Å². The van der Waals surface area contributed by atoms with Crippen molar-refractivity contribution >= 4 is 15.7 Å². The largest absolute Gasteiger partial charge is 0.396 e. The van der Waals surface area contributed by atoms with Gasteiger partial charge in [0.15, 0.2) is 0 Å². The molecule has 2 N–H and O–H groups in total. The fourth-order valence-corrected chi connectivity index (χ4v) is 3.17. The molecule has 1 aromatic rings. The maximum absolute atomic E-state index is 12.2. The first-order chi connectivity index (χ1) is 9.09. The molecular weight excluding hydrogens is 284 g/mol. The van der Waals surface area contributed by atoms with Crippen LogP contribution < -0.4 is 4.72 Å². The van der Waals surface area contributed by atoms with Crippen molar-refractivity contribution < 1.29 is 18.4 Å². The Kier molecular flexibility index (Phi) is 4.85. The monoisotopic (exact) mass is 302 g/mol. The number of hydrogen-bond acceptors (Lipinski definition) is 5. The number of hydrogen-bond donors (Lipinski definition) is 2. The number of rotatable bonds is 6. The minimum atomic E-state index is -3.88. The average molecular weight is 302 g/mol. The Morgan fingerprint density at radius 2 is 2.00 bits per heavy atom. The van der Waals surface area contributed by atoms with E-state index in [9.17, 15) is 18.5 Å². The van der Waals surface area contributed by atoms with E-state index in [4.69, 9.17) is 5.11 Å². The van der Waals surface area contributed by atoms with E-state index in [1.165, 1.54) is 19.1 Å². The van der Waals surface area contributed by atoms with Crippen LogP contribution in [0, 0.1) is 17.0 Å². The summed E-state index contributed by atoms with van der Waals surface area (Å²) < 4.78 is 26.8. The predicted molar refractivity (Wildman–Crippen MR) is 73.9 cm³/mol. The molecule has 0 saturated carbocycles. The minimum absolute atomic E-state index is 0.163. The van der Waals surface area contributed by atoms with Crippen molar-refractivity contribution in [2.75, 3.05) is 6.61 Å². The molecule has 0 aliphatic heterocycles. The number of nitro groups is 1. The van der Waals surface area contributed by atoms with Gasteiger partial charge in [-0.3, -0.25) is 10.1 Å². The van der Waals surface area contributed by atoms with E-state index in [1.54, 1.807) is 13.8 Å². The number of sulfonamides is 1. The summed E-state index contributed by atoms with van der Waals surface area (Å²) in [5, 5.41) is 19.7. The summed E-state index contributed by atoms with van der Waals surface area (Å²) in [6, 6.07) is 3.75. The van der Waals surface area contributed by atoms with Crippen molar-refractivity contribution in [3.05, 3.63) is 33.9 Å². The van der Waals surface area contributed by atoms with Gasteiger partial charge in [-0.25, -0.2) is 13.1 Å². The van der Waals surface area contributed by atoms with E-state index in [1.807, 2.05) is 0 Å². The Morgan fingerprint density at radius 1 is 1.40 bits per heavy atom. The molecule has 0 aliphatic carbocycles. The molecule has 0 amide bonds. The first kappa shape index (κ1) is 16.5. The molecule has 1 rings (SSSR count). The zero-order valence-electron chi connectivity index (χ0n) is 11.6. The van der Waals surface area contributed by atoms with Gasteiger partial charge in [0, 0.05) is 23.8 Å². The highest BCUT2D eigenvalue weighted by Gasteiger charge is 2.27. The molecule has 0 saturated heterocycles. The van der Waals surface area contributed by atoms with Gasteiger partial charge >= 0.3 is 0 Å². The summed E-state index contributed by atoms with van der Waals surface area (Å²) in [7, 11) is -3.88. The lowest BCUT2D eigenvalue weighted by molar-refractivity contribution is -0.385. The minimum Gasteiger partial charge on any atom is -0.396 e. The molecule has 112 valence electrons. The van der Waals surface area contributed by atoms with Crippen LogP contribution in [-0.4, -0.2) is 30.6 Å². The fourth-order valence-electron chi connectivity index (χ4n) is 1.71. The quantitative estimate of drug-likeness (QED) is 0.608. The summed E-state index contributed by atoms with van der Waals surface area (Å²) in [5.74, 6) is 0. The smallest absolute Gasteiger partial charge is 0.273 e. The summed E-state index contributed by atoms with van der Waals surface area (Å²) >= 11 is 0. The van der Waals surface area contributed by atoms with Gasteiger partial charge in [0.05, 0.1) is 9.82 Å². The van der Waals surface area contributed by atoms with E-state index in [-0.39, 0.29) is 23.6 Å². The van der Waals surface area contributed by atoms with Gasteiger partial charge in [0.25, 0.3) is 5.69 Å². The van der Waals surface area contributed by atoms with Crippen molar-refractivity contribution in [3.63, 3.8) is 0 Å². The molecule has 0 unspecified atom stereocenters. The topological polar surface area (TPSA) is 110 Å². The Balaban J connectivity index is 3.17. The van der Waals surface area contributed by atoms with Gasteiger partial charge < -0.3 is 5.11 Å². The highest BCUT2D eigenvalue weighted by Crippen LogP contribution is 2.23. The van der Waals surface area contributed by atoms with Crippen LogP contribution in [0.1, 0.15) is 25.8 Å². The van der Waals surface area contributed by atoms with Crippen molar-refractivity contribution in [2.45, 2.75) is 37.6 Å². The van der Waals surface area contributed by atoms with Crippen LogP contribution in [0.3, 0.4) is 0 Å². The van der Waals surface area contributed by atoms with Gasteiger partial charge in [-0.05, 0) is 33.3 Å². The van der Waals surface area contributed by atoms with Crippen LogP contribution in [0.15, 0.2) is 23.1 Å². The van der Waals surface area contributed by atoms with Gasteiger partial charge in [-0.15, -0.1) is 0 Å². The zero-order valence-corrected chi connectivity index (χ0v) is 12.4. The van der Waals surface area contributed by atoms with Crippen LogP contribution in [-0.2, 0) is 10.0 Å². The van der Waals surface area contributed by atoms with Gasteiger partial charge in [0.2, 0.25) is 10.0 Å². The number of benzene rings is 1. The molecule has 0 atom stereocenters. The average Bonchev–Trinajstić information content (AvgIpc) is 2.26. The Morgan fingerprint density at radius 3 is 2.50 bits per heavy atom. The van der Waals surface area contributed by atoms with E-state index in [0.29, 0.717) is 5.56 Å². The lowest BCUT2D eigenvalue weighted by Gasteiger charge is -2.24. The second-order valence-electron chi connectivity index (χ2n) is 5.17. The molecule has 0 fully saturated rings. The molecule has 0 aliphatic rings. The standard InChI is InChI=1S/C12H18N2O5S/c1-9-4-5-10(8-11(9)14(16)17)20(18,19)13-12(2,3)6-7-15/h4-5,8,13,15H,6-7H2,1-3H3. The number of nitrogens with zero attached hydrogens (tertiary/aromatic N) is 1. The third-order valence-electron chi connectivity index (χ3n) is 2.84. The Labute approximate surface area is 117 Å². The number of aryl methyl sites for hydroxylation is 1. The van der Waals surface area contributed by atoms with Crippen LogP contribution >= 0.6 is 0 Å². The molecule has 0 radical (unpaired) electrons. The van der Waals surface area contributed by atoms with E-state index < -0.39 is 20.5 Å². The molecule has 8 heteroatoms. The number of aliphatic hydroxyl groups excluding tert-OH is 1. The molecular formula is C12H18N2O5S. The first-order valence-electron chi connectivity index (χ1n) is 5.99. The zero-order chi connectivity index (χ0) is 15.6. The molecule has 0 spiro atoms. The number of aliphatic hydroxyl groups is 1.